The predicted octanol–water partition coefficient (Wildman–Crippen LogP) is 3.97. The van der Waals surface area contributed by atoms with Gasteiger partial charge in [-0.15, -0.1) is 0 Å². The molecule has 0 aromatic heterocycles. The number of hydrogen-bond donors (Lipinski definition) is 0. The van der Waals surface area contributed by atoms with Gasteiger partial charge in [-0.25, -0.2) is 4.79 Å². The van der Waals surface area contributed by atoms with Crippen LogP contribution in [0.15, 0.2) is 0 Å². The van der Waals surface area contributed by atoms with Gasteiger partial charge in [-0.3, -0.25) is 4.74 Å². The summed E-state index contributed by atoms with van der Waals surface area (Å²) in [6.07, 6.45) is -22.4. The highest BCUT2D eigenvalue weighted by molar-refractivity contribution is 5.79. The van der Waals surface area contributed by atoms with Crippen molar-refractivity contribution in [2.24, 2.45) is 0 Å². The standard InChI is InChI=1S/C9H7F11O3/c1-3(2)22-4(21)5(10,7(13,14)15)23-9(19,20)6(11,12)8(16,17)18/h3H,1-2H3/t5-/m1/s1. The van der Waals surface area contributed by atoms with Gasteiger partial charge in [0.1, 0.15) is 0 Å². The average Bonchev–Trinajstić information content (AvgIpc) is 2.23. The minimum Gasteiger partial charge on any atom is -0.458 e. The van der Waals surface area contributed by atoms with Gasteiger partial charge in [0, 0.05) is 0 Å². The highest BCUT2D eigenvalue weighted by atomic mass is 19.4. The fraction of sp³-hybridized carbons (Fsp3) is 0.889. The summed E-state index contributed by atoms with van der Waals surface area (Å²) in [4.78, 5) is 10.9. The molecule has 0 rings (SSSR count). The molecule has 0 aromatic carbocycles. The van der Waals surface area contributed by atoms with Crippen LogP contribution in [0.2, 0.25) is 0 Å². The maximum Gasteiger partial charge on any atom is 0.462 e. The zero-order valence-electron chi connectivity index (χ0n) is 11.0. The van der Waals surface area contributed by atoms with Crippen LogP contribution < -0.4 is 0 Å². The molecule has 0 spiro atoms. The summed E-state index contributed by atoms with van der Waals surface area (Å²) in [7, 11) is 0. The molecule has 0 saturated heterocycles. The molecule has 0 saturated carbocycles. The third kappa shape index (κ3) is 4.14. The molecule has 0 aromatic rings. The maximum absolute atomic E-state index is 13.5. The van der Waals surface area contributed by atoms with Gasteiger partial charge in [0.25, 0.3) is 0 Å². The van der Waals surface area contributed by atoms with Gasteiger partial charge in [-0.2, -0.15) is 48.3 Å². The van der Waals surface area contributed by atoms with Crippen LogP contribution in [0, 0.1) is 0 Å². The molecular weight excluding hydrogens is 365 g/mol. The Kier molecular flexibility index (Phi) is 5.60. The first-order valence-electron chi connectivity index (χ1n) is 5.29. The Labute approximate surface area is 120 Å². The lowest BCUT2D eigenvalue weighted by Gasteiger charge is -2.33. The van der Waals surface area contributed by atoms with Crippen molar-refractivity contribution in [3.8, 4) is 0 Å². The third-order valence-corrected chi connectivity index (χ3v) is 1.96. The number of halogens is 11. The van der Waals surface area contributed by atoms with E-state index in [1.165, 1.54) is 0 Å². The lowest BCUT2D eigenvalue weighted by Crippen LogP contribution is -2.62. The van der Waals surface area contributed by atoms with Crippen LogP contribution in [-0.4, -0.2) is 42.3 Å². The lowest BCUT2D eigenvalue weighted by atomic mass is 10.2. The van der Waals surface area contributed by atoms with E-state index in [0.717, 1.165) is 13.8 Å². The Bertz CT molecular complexity index is 439. The molecule has 0 amide bonds. The van der Waals surface area contributed by atoms with Gasteiger partial charge in [0.15, 0.2) is 0 Å². The Morgan fingerprint density at radius 1 is 0.783 bits per heavy atom. The van der Waals surface area contributed by atoms with Crippen molar-refractivity contribution in [1.29, 1.82) is 0 Å². The van der Waals surface area contributed by atoms with Crippen molar-refractivity contribution in [1.82, 2.24) is 0 Å². The number of hydrogen-bond acceptors (Lipinski definition) is 3. The van der Waals surface area contributed by atoms with Crippen molar-refractivity contribution < 1.29 is 62.6 Å². The number of carbonyl (C=O) groups excluding carboxylic acids is 1. The van der Waals surface area contributed by atoms with Crippen molar-refractivity contribution in [3.05, 3.63) is 0 Å². The summed E-state index contributed by atoms with van der Waals surface area (Å²) < 4.78 is 142. The SMILES string of the molecule is CC(C)OC(=O)[C@@](F)(OC(F)(F)C(F)(F)C(F)(F)F)C(F)(F)F. The second kappa shape index (κ2) is 5.94. The summed E-state index contributed by atoms with van der Waals surface area (Å²) in [5.74, 6) is -16.7. The van der Waals surface area contributed by atoms with E-state index in [1.54, 1.807) is 0 Å². The molecule has 0 fully saturated rings. The molecule has 3 nitrogen and oxygen atoms in total. The fourth-order valence-electron chi connectivity index (χ4n) is 0.911. The molecule has 0 bridgehead atoms. The monoisotopic (exact) mass is 372 g/mol. The zero-order valence-corrected chi connectivity index (χ0v) is 11.0. The molecule has 0 heterocycles. The van der Waals surface area contributed by atoms with Crippen LogP contribution in [0.25, 0.3) is 0 Å². The molecule has 0 aliphatic rings. The smallest absolute Gasteiger partial charge is 0.458 e. The highest BCUT2D eigenvalue weighted by Crippen LogP contribution is 2.51. The van der Waals surface area contributed by atoms with Crippen LogP contribution in [0.3, 0.4) is 0 Å². The van der Waals surface area contributed by atoms with Gasteiger partial charge < -0.3 is 4.74 Å². The molecule has 0 unspecified atom stereocenters. The zero-order chi connectivity index (χ0) is 19.1. The Hall–Kier alpha value is -1.34. The largest absolute Gasteiger partial charge is 0.462 e. The summed E-state index contributed by atoms with van der Waals surface area (Å²) in [6.45, 7) is 1.63. The van der Waals surface area contributed by atoms with Gasteiger partial charge in [-0.05, 0) is 13.8 Å². The van der Waals surface area contributed by atoms with E-state index in [1.807, 2.05) is 4.74 Å². The van der Waals surface area contributed by atoms with E-state index in [-0.39, 0.29) is 0 Å². The van der Waals surface area contributed by atoms with E-state index in [9.17, 15) is 53.1 Å². The Morgan fingerprint density at radius 2 is 1.17 bits per heavy atom. The summed E-state index contributed by atoms with van der Waals surface area (Å²) in [5.41, 5.74) is 0. The van der Waals surface area contributed by atoms with Crippen molar-refractivity contribution >= 4 is 5.97 Å². The molecule has 0 aliphatic carbocycles. The highest BCUT2D eigenvalue weighted by Gasteiger charge is 2.80. The van der Waals surface area contributed by atoms with E-state index >= 15 is 0 Å². The number of esters is 1. The third-order valence-electron chi connectivity index (χ3n) is 1.96. The topological polar surface area (TPSA) is 35.5 Å². The Balaban J connectivity index is 5.88. The Morgan fingerprint density at radius 3 is 1.43 bits per heavy atom. The van der Waals surface area contributed by atoms with Crippen molar-refractivity contribution in [2.75, 3.05) is 0 Å². The second-order valence-corrected chi connectivity index (χ2v) is 4.24. The molecule has 23 heavy (non-hydrogen) atoms. The molecule has 0 radical (unpaired) electrons. The first-order chi connectivity index (χ1) is 9.79. The first-order valence-corrected chi connectivity index (χ1v) is 5.29. The van der Waals surface area contributed by atoms with Gasteiger partial charge in [0.2, 0.25) is 0 Å². The molecule has 0 N–H and O–H groups in total. The van der Waals surface area contributed by atoms with Crippen molar-refractivity contribution in [3.63, 3.8) is 0 Å². The summed E-state index contributed by atoms with van der Waals surface area (Å²) in [5, 5.41) is 0. The molecule has 138 valence electrons. The van der Waals surface area contributed by atoms with Gasteiger partial charge >= 0.3 is 36.2 Å². The molecule has 14 heteroatoms. The van der Waals surface area contributed by atoms with E-state index in [2.05, 4.69) is 4.74 Å². The minimum atomic E-state index is -7.22. The molecule has 1 atom stereocenters. The molecular formula is C9H7F11O3. The van der Waals surface area contributed by atoms with Crippen LogP contribution in [0.4, 0.5) is 48.3 Å². The van der Waals surface area contributed by atoms with E-state index < -0.39 is 42.3 Å². The fourth-order valence-corrected chi connectivity index (χ4v) is 0.911. The summed E-state index contributed by atoms with van der Waals surface area (Å²) in [6, 6.07) is 0. The minimum absolute atomic E-state index is 0.817. The maximum atomic E-state index is 13.5. The van der Waals surface area contributed by atoms with Crippen LogP contribution in [-0.2, 0) is 14.3 Å². The van der Waals surface area contributed by atoms with E-state index in [0.29, 0.717) is 0 Å². The second-order valence-electron chi connectivity index (χ2n) is 4.24. The number of rotatable bonds is 5. The van der Waals surface area contributed by atoms with Crippen molar-refractivity contribution in [2.45, 2.75) is 50.2 Å². The predicted molar refractivity (Wildman–Crippen MR) is 48.2 cm³/mol. The quantitative estimate of drug-likeness (QED) is 0.541. The van der Waals surface area contributed by atoms with Gasteiger partial charge in [0.05, 0.1) is 6.10 Å². The van der Waals surface area contributed by atoms with Crippen LogP contribution >= 0.6 is 0 Å². The van der Waals surface area contributed by atoms with Crippen LogP contribution in [0.5, 0.6) is 0 Å². The summed E-state index contributed by atoms with van der Waals surface area (Å²) >= 11 is 0. The number of alkyl halides is 11. The van der Waals surface area contributed by atoms with E-state index in [4.69, 9.17) is 0 Å². The average molecular weight is 372 g/mol. The number of ether oxygens (including phenoxy) is 2. The lowest BCUT2D eigenvalue weighted by molar-refractivity contribution is -0.475. The van der Waals surface area contributed by atoms with Crippen LogP contribution in [0.1, 0.15) is 13.8 Å². The normalized spacial score (nSPS) is 17.1. The van der Waals surface area contributed by atoms with Gasteiger partial charge in [-0.1, -0.05) is 0 Å². The molecule has 0 aliphatic heterocycles. The number of carbonyl (C=O) groups is 1. The first kappa shape index (κ1) is 21.7.